The normalized spacial score (nSPS) is 15.5. The molecule has 2 aromatic carbocycles. The van der Waals surface area contributed by atoms with Gasteiger partial charge in [0.15, 0.2) is 5.96 Å². The van der Waals surface area contributed by atoms with Crippen molar-refractivity contribution in [1.29, 1.82) is 0 Å². The van der Waals surface area contributed by atoms with Crippen molar-refractivity contribution >= 4 is 41.5 Å². The molecule has 0 spiro atoms. The Balaban J connectivity index is 0.00000320. The first-order chi connectivity index (χ1) is 14.0. The zero-order chi connectivity index (χ0) is 20.6. The van der Waals surface area contributed by atoms with Gasteiger partial charge in [-0.15, -0.1) is 24.0 Å². The number of halogens is 2. The number of piperidine rings is 1. The van der Waals surface area contributed by atoms with Gasteiger partial charge in [-0.25, -0.2) is 0 Å². The summed E-state index contributed by atoms with van der Waals surface area (Å²) < 4.78 is 0. The quantitative estimate of drug-likeness (QED) is 0.328. The molecular weight excluding hydrogens is 511 g/mol. The molecule has 1 aliphatic rings. The van der Waals surface area contributed by atoms with Crippen LogP contribution in [0.1, 0.15) is 29.5 Å². The van der Waals surface area contributed by atoms with Gasteiger partial charge < -0.3 is 15.3 Å². The van der Waals surface area contributed by atoms with Gasteiger partial charge in [0.05, 0.1) is 6.10 Å². The van der Waals surface area contributed by atoms with E-state index in [2.05, 4.69) is 44.4 Å². The van der Waals surface area contributed by atoms with Crippen molar-refractivity contribution in [2.75, 3.05) is 27.2 Å². The van der Waals surface area contributed by atoms with Gasteiger partial charge in [0.25, 0.3) is 0 Å². The van der Waals surface area contributed by atoms with Gasteiger partial charge >= 0.3 is 0 Å². The smallest absolute Gasteiger partial charge is 0.193 e. The van der Waals surface area contributed by atoms with Crippen LogP contribution < -0.4 is 5.32 Å². The van der Waals surface area contributed by atoms with E-state index in [9.17, 15) is 5.11 Å². The lowest BCUT2D eigenvalue weighted by Crippen LogP contribution is -2.38. The maximum absolute atomic E-state index is 9.63. The van der Waals surface area contributed by atoms with E-state index < -0.39 is 0 Å². The van der Waals surface area contributed by atoms with Gasteiger partial charge in [-0.3, -0.25) is 9.89 Å². The molecule has 0 saturated carbocycles. The molecule has 0 aromatic heterocycles. The number of hydrogen-bond acceptors (Lipinski definition) is 3. The molecule has 0 atom stereocenters. The molecule has 30 heavy (non-hydrogen) atoms. The molecule has 5 nitrogen and oxygen atoms in total. The van der Waals surface area contributed by atoms with Crippen LogP contribution in [-0.2, 0) is 19.6 Å². The van der Waals surface area contributed by atoms with Gasteiger partial charge in [-0.1, -0.05) is 48.0 Å². The monoisotopic (exact) mass is 542 g/mol. The molecule has 0 radical (unpaired) electrons. The van der Waals surface area contributed by atoms with E-state index in [-0.39, 0.29) is 30.1 Å². The lowest BCUT2D eigenvalue weighted by molar-refractivity contribution is 0.0792. The molecule has 2 N–H and O–H groups in total. The number of aliphatic hydroxyl groups excluding tert-OH is 1. The molecule has 0 bridgehead atoms. The van der Waals surface area contributed by atoms with Crippen molar-refractivity contribution in [3.63, 3.8) is 0 Å². The van der Waals surface area contributed by atoms with E-state index in [0.717, 1.165) is 56.5 Å². The summed E-state index contributed by atoms with van der Waals surface area (Å²) in [6, 6.07) is 16.6. The van der Waals surface area contributed by atoms with E-state index in [0.29, 0.717) is 0 Å². The zero-order valence-electron chi connectivity index (χ0n) is 17.7. The number of aliphatic imine (C=N–C) groups is 1. The minimum Gasteiger partial charge on any atom is -0.393 e. The second-order valence-electron chi connectivity index (χ2n) is 7.71. The van der Waals surface area contributed by atoms with Crippen LogP contribution in [0, 0.1) is 0 Å². The summed E-state index contributed by atoms with van der Waals surface area (Å²) in [5.41, 5.74) is 3.73. The summed E-state index contributed by atoms with van der Waals surface area (Å²) >= 11 is 5.96. The van der Waals surface area contributed by atoms with Crippen LogP contribution in [0.5, 0.6) is 0 Å². The summed E-state index contributed by atoms with van der Waals surface area (Å²) in [5.74, 6) is 0.857. The summed E-state index contributed by atoms with van der Waals surface area (Å²) in [7, 11) is 3.84. The third-order valence-electron chi connectivity index (χ3n) is 5.34. The molecule has 7 heteroatoms. The van der Waals surface area contributed by atoms with Crippen LogP contribution in [0.3, 0.4) is 0 Å². The third kappa shape index (κ3) is 7.72. The van der Waals surface area contributed by atoms with Gasteiger partial charge in [0, 0.05) is 51.8 Å². The van der Waals surface area contributed by atoms with E-state index in [1.165, 1.54) is 16.7 Å². The van der Waals surface area contributed by atoms with Gasteiger partial charge in [0.2, 0.25) is 0 Å². The SMILES string of the molecule is CN=C(NCc1ccc(CN2CCC(O)CC2)cc1)N(C)Cc1ccc(Cl)cc1.I. The molecule has 1 fully saturated rings. The third-order valence-corrected chi connectivity index (χ3v) is 5.60. The van der Waals surface area contributed by atoms with Gasteiger partial charge in [-0.2, -0.15) is 0 Å². The highest BCUT2D eigenvalue weighted by Crippen LogP contribution is 2.15. The second-order valence-corrected chi connectivity index (χ2v) is 8.14. The molecule has 0 amide bonds. The van der Waals surface area contributed by atoms with Gasteiger partial charge in [-0.05, 0) is 41.7 Å². The van der Waals surface area contributed by atoms with Crippen molar-refractivity contribution in [2.45, 2.75) is 38.6 Å². The highest BCUT2D eigenvalue weighted by Gasteiger charge is 2.16. The first-order valence-electron chi connectivity index (χ1n) is 10.2. The number of guanidine groups is 1. The van der Waals surface area contributed by atoms with Crippen molar-refractivity contribution in [3.05, 3.63) is 70.2 Å². The Morgan fingerprint density at radius 1 is 1.07 bits per heavy atom. The topological polar surface area (TPSA) is 51.1 Å². The minimum absolute atomic E-state index is 0. The Labute approximate surface area is 202 Å². The molecular formula is C23H32ClIN4O. The predicted molar refractivity (Wildman–Crippen MR) is 135 cm³/mol. The maximum atomic E-state index is 9.63. The first-order valence-corrected chi connectivity index (χ1v) is 10.6. The number of likely N-dealkylation sites (tertiary alicyclic amines) is 1. The zero-order valence-corrected chi connectivity index (χ0v) is 20.8. The van der Waals surface area contributed by atoms with Crippen LogP contribution in [-0.4, -0.2) is 54.2 Å². The Bertz CT molecular complexity index is 790. The molecule has 2 aromatic rings. The highest BCUT2D eigenvalue weighted by molar-refractivity contribution is 14.0. The summed E-state index contributed by atoms with van der Waals surface area (Å²) in [6.45, 7) is 4.39. The Morgan fingerprint density at radius 2 is 1.63 bits per heavy atom. The number of hydrogen-bond donors (Lipinski definition) is 2. The predicted octanol–water partition coefficient (Wildman–Crippen LogP) is 4.12. The number of rotatable bonds is 6. The van der Waals surface area contributed by atoms with Crippen molar-refractivity contribution in [2.24, 2.45) is 4.99 Å². The largest absolute Gasteiger partial charge is 0.393 e. The number of benzene rings is 2. The molecule has 1 aliphatic heterocycles. The fourth-order valence-electron chi connectivity index (χ4n) is 3.60. The molecule has 3 rings (SSSR count). The average molecular weight is 543 g/mol. The standard InChI is InChI=1S/C23H31ClN4O.HI/c1-25-23(27(2)16-19-7-9-21(24)10-8-19)26-15-18-3-5-20(6-4-18)17-28-13-11-22(29)12-14-28;/h3-10,22,29H,11-17H2,1-2H3,(H,25,26);1H. The maximum Gasteiger partial charge on any atom is 0.193 e. The van der Waals surface area contributed by atoms with Crippen LogP contribution in [0.2, 0.25) is 5.02 Å². The van der Waals surface area contributed by atoms with E-state index >= 15 is 0 Å². The van der Waals surface area contributed by atoms with Crippen LogP contribution in [0.15, 0.2) is 53.5 Å². The molecule has 0 unspecified atom stereocenters. The Morgan fingerprint density at radius 3 is 2.23 bits per heavy atom. The average Bonchev–Trinajstić information content (AvgIpc) is 2.73. The lowest BCUT2D eigenvalue weighted by atomic mass is 10.1. The number of nitrogens with zero attached hydrogens (tertiary/aromatic N) is 3. The molecule has 1 saturated heterocycles. The molecule has 1 heterocycles. The van der Waals surface area contributed by atoms with Crippen molar-refractivity contribution < 1.29 is 5.11 Å². The molecule has 0 aliphatic carbocycles. The van der Waals surface area contributed by atoms with E-state index in [4.69, 9.17) is 11.6 Å². The Kier molecular flexibility index (Phi) is 10.4. The van der Waals surface area contributed by atoms with Crippen molar-refractivity contribution in [1.82, 2.24) is 15.1 Å². The number of nitrogens with one attached hydrogen (secondary N) is 1. The van der Waals surface area contributed by atoms with Crippen LogP contribution in [0.4, 0.5) is 0 Å². The molecule has 164 valence electrons. The van der Waals surface area contributed by atoms with E-state index in [1.807, 2.05) is 31.3 Å². The van der Waals surface area contributed by atoms with Crippen LogP contribution >= 0.6 is 35.6 Å². The number of aliphatic hydroxyl groups is 1. The first kappa shape index (κ1) is 24.9. The second kappa shape index (κ2) is 12.5. The lowest BCUT2D eigenvalue weighted by Gasteiger charge is -2.29. The van der Waals surface area contributed by atoms with E-state index in [1.54, 1.807) is 7.05 Å². The van der Waals surface area contributed by atoms with Crippen molar-refractivity contribution in [3.8, 4) is 0 Å². The summed E-state index contributed by atoms with van der Waals surface area (Å²) in [6.07, 6.45) is 1.64. The Hall–Kier alpha value is -1.35. The summed E-state index contributed by atoms with van der Waals surface area (Å²) in [5, 5.41) is 13.8. The fraction of sp³-hybridized carbons (Fsp3) is 0.435. The van der Waals surface area contributed by atoms with Crippen LogP contribution in [0.25, 0.3) is 0 Å². The van der Waals surface area contributed by atoms with Gasteiger partial charge in [0.1, 0.15) is 0 Å². The highest BCUT2D eigenvalue weighted by atomic mass is 127. The minimum atomic E-state index is -0.119. The fourth-order valence-corrected chi connectivity index (χ4v) is 3.73. The summed E-state index contributed by atoms with van der Waals surface area (Å²) in [4.78, 5) is 8.91.